The van der Waals surface area contributed by atoms with Gasteiger partial charge in [-0.3, -0.25) is 4.90 Å². The van der Waals surface area contributed by atoms with Gasteiger partial charge in [0.05, 0.1) is 0 Å². The molecule has 0 rings (SSSR count). The summed E-state index contributed by atoms with van der Waals surface area (Å²) in [5.74, 6) is 0. The van der Waals surface area contributed by atoms with Crippen LogP contribution in [0.5, 0.6) is 0 Å². The third kappa shape index (κ3) is 9.17. The Bertz CT molecular complexity index is 59.7. The monoisotopic (exact) mass is 320 g/mol. The molecular weight excluding hydrogens is 302 g/mol. The number of hydrogen-bond donors (Lipinski definition) is 1. The molecule has 0 aliphatic rings. The average Bonchev–Trinajstić information content (AvgIpc) is 1.67. The minimum atomic E-state index is 0. The maximum Gasteiger partial charge on any atom is 1.00 e. The summed E-state index contributed by atoms with van der Waals surface area (Å²) in [6.07, 6.45) is 0. The van der Waals surface area contributed by atoms with Crippen LogP contribution in [0.3, 0.4) is 0 Å². The molecule has 0 aliphatic heterocycles. The van der Waals surface area contributed by atoms with E-state index in [4.69, 9.17) is 0 Å². The minimum absolute atomic E-state index is 0. The van der Waals surface area contributed by atoms with Crippen molar-refractivity contribution in [1.82, 2.24) is 10.2 Å². The van der Waals surface area contributed by atoms with Crippen molar-refractivity contribution in [2.45, 2.75) is 19.9 Å². The fourth-order valence-electron chi connectivity index (χ4n) is 0.432. The molecule has 2 nitrogen and oxygen atoms in total. The predicted octanol–water partition coefficient (Wildman–Crippen LogP) is 0.498. The zero-order chi connectivity index (χ0) is 6.57. The first kappa shape index (κ1) is 17.3. The van der Waals surface area contributed by atoms with Crippen LogP contribution in [-0.4, -0.2) is 31.7 Å². The number of nitrogens with one attached hydrogen (secondary N) is 1. The first-order valence-corrected chi connectivity index (χ1v) is 3.03. The molecule has 0 aromatic rings. The maximum atomic E-state index is 3.07. The zero-order valence-corrected chi connectivity index (χ0v) is 10.4. The first-order chi connectivity index (χ1) is 3.68. The van der Waals surface area contributed by atoms with Gasteiger partial charge in [0, 0.05) is 12.7 Å². The van der Waals surface area contributed by atoms with Gasteiger partial charge in [-0.15, -0.1) is 0 Å². The Morgan fingerprint density at radius 3 is 1.80 bits per heavy atom. The van der Waals surface area contributed by atoms with Crippen LogP contribution in [0.1, 0.15) is 13.8 Å². The van der Waals surface area contributed by atoms with E-state index < -0.39 is 0 Å². The van der Waals surface area contributed by atoms with E-state index in [1.807, 2.05) is 7.05 Å². The Hall–Kier alpha value is 1.17. The van der Waals surface area contributed by atoms with E-state index in [1.54, 1.807) is 0 Å². The van der Waals surface area contributed by atoms with Gasteiger partial charge in [0.2, 0.25) is 0 Å². The van der Waals surface area contributed by atoms with Crippen LogP contribution in [-0.2, 0) is 39.0 Å². The van der Waals surface area contributed by atoms with Crippen LogP contribution in [0, 0.1) is 0 Å². The topological polar surface area (TPSA) is 15.3 Å². The molecule has 0 unspecified atom stereocenters. The van der Waals surface area contributed by atoms with E-state index in [2.05, 4.69) is 31.1 Å². The standard InChI is InChI=1S/C6H16N2.2Ru/c1-6(2)8(4)5-7-3;;/h6-7H,5H2,1-4H3;;/q;2*+1. The van der Waals surface area contributed by atoms with E-state index in [-0.39, 0.29) is 39.0 Å². The van der Waals surface area contributed by atoms with E-state index in [0.717, 1.165) is 6.67 Å². The van der Waals surface area contributed by atoms with Gasteiger partial charge < -0.3 is 5.32 Å². The summed E-state index contributed by atoms with van der Waals surface area (Å²) >= 11 is 0. The van der Waals surface area contributed by atoms with E-state index in [9.17, 15) is 0 Å². The molecule has 0 fully saturated rings. The van der Waals surface area contributed by atoms with E-state index in [0.29, 0.717) is 6.04 Å². The van der Waals surface area contributed by atoms with Crippen molar-refractivity contribution in [3.63, 3.8) is 0 Å². The molecule has 0 aromatic heterocycles. The Morgan fingerprint density at radius 2 is 1.70 bits per heavy atom. The van der Waals surface area contributed by atoms with Gasteiger partial charge in [0.1, 0.15) is 0 Å². The molecule has 0 spiro atoms. The van der Waals surface area contributed by atoms with Crippen LogP contribution >= 0.6 is 0 Å². The van der Waals surface area contributed by atoms with Gasteiger partial charge >= 0.3 is 39.0 Å². The molecule has 0 amide bonds. The normalized spacial score (nSPS) is 9.00. The van der Waals surface area contributed by atoms with Crippen LogP contribution < -0.4 is 5.32 Å². The van der Waals surface area contributed by atoms with Gasteiger partial charge in [-0.05, 0) is 27.9 Å². The third-order valence-electron chi connectivity index (χ3n) is 1.29. The molecule has 2 radical (unpaired) electrons. The fraction of sp³-hybridized carbons (Fsp3) is 1.00. The van der Waals surface area contributed by atoms with Crippen molar-refractivity contribution in [2.24, 2.45) is 0 Å². The van der Waals surface area contributed by atoms with Crippen LogP contribution in [0.2, 0.25) is 0 Å². The van der Waals surface area contributed by atoms with Gasteiger partial charge in [0.25, 0.3) is 0 Å². The first-order valence-electron chi connectivity index (χ1n) is 3.03. The van der Waals surface area contributed by atoms with Crippen molar-refractivity contribution in [3.05, 3.63) is 0 Å². The summed E-state index contributed by atoms with van der Waals surface area (Å²) in [7, 11) is 4.06. The zero-order valence-electron chi connectivity index (χ0n) is 6.94. The summed E-state index contributed by atoms with van der Waals surface area (Å²) < 4.78 is 0. The van der Waals surface area contributed by atoms with Crippen molar-refractivity contribution >= 4 is 0 Å². The summed E-state index contributed by atoms with van der Waals surface area (Å²) in [5.41, 5.74) is 0. The molecule has 0 saturated carbocycles. The van der Waals surface area contributed by atoms with Gasteiger partial charge in [-0.2, -0.15) is 0 Å². The van der Waals surface area contributed by atoms with Crippen LogP contribution in [0.15, 0.2) is 0 Å². The molecule has 0 heterocycles. The van der Waals surface area contributed by atoms with Crippen LogP contribution in [0.25, 0.3) is 0 Å². The molecule has 0 saturated heterocycles. The fourth-order valence-corrected chi connectivity index (χ4v) is 0.432. The second-order valence-corrected chi connectivity index (χ2v) is 2.36. The molecule has 1 N–H and O–H groups in total. The second kappa shape index (κ2) is 10.2. The predicted molar refractivity (Wildman–Crippen MR) is 36.8 cm³/mol. The average molecular weight is 318 g/mol. The van der Waals surface area contributed by atoms with Crippen LogP contribution in [0.4, 0.5) is 0 Å². The maximum absolute atomic E-state index is 3.07. The Kier molecular flexibility index (Phi) is 17.6. The van der Waals surface area contributed by atoms with Crippen molar-refractivity contribution < 1.29 is 39.0 Å². The molecule has 0 bridgehead atoms. The molecule has 0 aromatic carbocycles. The second-order valence-electron chi connectivity index (χ2n) is 2.36. The van der Waals surface area contributed by atoms with Crippen molar-refractivity contribution in [3.8, 4) is 0 Å². The Labute approximate surface area is 89.6 Å². The summed E-state index contributed by atoms with van der Waals surface area (Å²) in [4.78, 5) is 2.24. The molecular formula is C6H16N2Ru2+2. The Balaban J connectivity index is -0.000000245. The number of hydrogen-bond acceptors (Lipinski definition) is 2. The molecule has 0 aliphatic carbocycles. The van der Waals surface area contributed by atoms with Gasteiger partial charge in [-0.25, -0.2) is 0 Å². The molecule has 0 atom stereocenters. The minimum Gasteiger partial charge on any atom is -0.307 e. The van der Waals surface area contributed by atoms with Crippen molar-refractivity contribution in [2.75, 3.05) is 20.8 Å². The van der Waals surface area contributed by atoms with E-state index >= 15 is 0 Å². The molecule has 64 valence electrons. The summed E-state index contributed by atoms with van der Waals surface area (Å²) in [6, 6.07) is 0.641. The largest absolute Gasteiger partial charge is 1.00 e. The molecule has 4 heteroatoms. The quantitative estimate of drug-likeness (QED) is 0.602. The summed E-state index contributed by atoms with van der Waals surface area (Å²) in [6.45, 7) is 5.33. The smallest absolute Gasteiger partial charge is 0.307 e. The SMILES string of the molecule is CNCN(C)C(C)C.[Ru+].[Ru+]. The number of rotatable bonds is 3. The summed E-state index contributed by atoms with van der Waals surface area (Å²) in [5, 5.41) is 3.07. The van der Waals surface area contributed by atoms with Gasteiger partial charge in [-0.1, -0.05) is 0 Å². The van der Waals surface area contributed by atoms with E-state index in [1.165, 1.54) is 0 Å². The third-order valence-corrected chi connectivity index (χ3v) is 1.29. The number of nitrogens with zero attached hydrogens (tertiary/aromatic N) is 1. The Morgan fingerprint density at radius 1 is 1.30 bits per heavy atom. The van der Waals surface area contributed by atoms with Gasteiger partial charge in [0.15, 0.2) is 0 Å². The molecule has 10 heavy (non-hydrogen) atoms. The van der Waals surface area contributed by atoms with Crippen molar-refractivity contribution in [1.29, 1.82) is 0 Å².